The number of amides is 2. The number of benzene rings is 2. The molecule has 0 N–H and O–H groups in total. The fraction of sp³-hybridized carbons (Fsp3) is 0.346. The number of fused-ring (bicyclic) bond motifs is 2. The van der Waals surface area contributed by atoms with Crippen molar-refractivity contribution in [3.05, 3.63) is 71.3 Å². The Morgan fingerprint density at radius 3 is 2.53 bits per heavy atom. The highest BCUT2D eigenvalue weighted by molar-refractivity contribution is 6.07. The molecule has 0 fully saturated rings. The van der Waals surface area contributed by atoms with E-state index in [0.717, 1.165) is 49.0 Å². The van der Waals surface area contributed by atoms with Crippen LogP contribution in [-0.4, -0.2) is 53.2 Å². The fourth-order valence-corrected chi connectivity index (χ4v) is 4.71. The van der Waals surface area contributed by atoms with Crippen molar-refractivity contribution in [3.8, 4) is 11.4 Å². The standard InChI is InChI=1S/C26H27FN4O3/c1-29(2)25(32)23-16-30(21-10-6-7-11-22(21)34-23)26(33)24-19-8-4-3-5-9-20(19)31(28-24)18-14-12-17(27)13-15-18/h6-7,10-15,23H,3-5,8-9,16H2,1-2H3/t23-/m0/s1. The molecule has 1 atom stereocenters. The minimum atomic E-state index is -0.799. The van der Waals surface area contributed by atoms with Crippen molar-refractivity contribution in [1.29, 1.82) is 0 Å². The van der Waals surface area contributed by atoms with E-state index in [1.54, 1.807) is 41.9 Å². The molecule has 7 nitrogen and oxygen atoms in total. The molecule has 0 unspecified atom stereocenters. The maximum Gasteiger partial charge on any atom is 0.279 e. The summed E-state index contributed by atoms with van der Waals surface area (Å²) in [6, 6.07) is 13.4. The van der Waals surface area contributed by atoms with Gasteiger partial charge in [-0.2, -0.15) is 5.10 Å². The molecule has 2 amide bonds. The van der Waals surface area contributed by atoms with Crippen molar-refractivity contribution in [2.24, 2.45) is 0 Å². The average Bonchev–Trinajstić information content (AvgIpc) is 3.03. The van der Waals surface area contributed by atoms with Gasteiger partial charge in [0.2, 0.25) is 0 Å². The molecule has 1 aliphatic carbocycles. The molecule has 0 saturated heterocycles. The third kappa shape index (κ3) is 3.93. The van der Waals surface area contributed by atoms with Crippen LogP contribution in [0.4, 0.5) is 10.1 Å². The van der Waals surface area contributed by atoms with Gasteiger partial charge in [0.15, 0.2) is 11.8 Å². The molecule has 8 heteroatoms. The summed E-state index contributed by atoms with van der Waals surface area (Å²) in [5.74, 6) is -0.291. The van der Waals surface area contributed by atoms with Crippen molar-refractivity contribution in [1.82, 2.24) is 14.7 Å². The Bertz CT molecular complexity index is 1240. The molecular formula is C26H27FN4O3. The van der Waals surface area contributed by atoms with Gasteiger partial charge in [0, 0.05) is 25.4 Å². The first kappa shape index (κ1) is 22.1. The largest absolute Gasteiger partial charge is 0.476 e. The highest BCUT2D eigenvalue weighted by atomic mass is 19.1. The third-order valence-corrected chi connectivity index (χ3v) is 6.44. The Labute approximate surface area is 197 Å². The Kier molecular flexibility index (Phi) is 5.81. The zero-order valence-electron chi connectivity index (χ0n) is 19.3. The lowest BCUT2D eigenvalue weighted by atomic mass is 10.1. The van der Waals surface area contributed by atoms with E-state index < -0.39 is 6.10 Å². The smallest absolute Gasteiger partial charge is 0.279 e. The van der Waals surface area contributed by atoms with E-state index in [-0.39, 0.29) is 24.2 Å². The van der Waals surface area contributed by atoms with Gasteiger partial charge < -0.3 is 9.64 Å². The second-order valence-electron chi connectivity index (χ2n) is 8.95. The van der Waals surface area contributed by atoms with E-state index in [0.29, 0.717) is 17.1 Å². The second-order valence-corrected chi connectivity index (χ2v) is 8.95. The van der Waals surface area contributed by atoms with Gasteiger partial charge in [0.05, 0.1) is 17.9 Å². The molecule has 0 bridgehead atoms. The predicted molar refractivity (Wildman–Crippen MR) is 126 cm³/mol. The van der Waals surface area contributed by atoms with Crippen LogP contribution in [0.15, 0.2) is 48.5 Å². The Morgan fingerprint density at radius 1 is 1.03 bits per heavy atom. The van der Waals surface area contributed by atoms with Gasteiger partial charge in [-0.3, -0.25) is 14.5 Å². The van der Waals surface area contributed by atoms with Crippen LogP contribution in [0, 0.1) is 5.82 Å². The highest BCUT2D eigenvalue weighted by Gasteiger charge is 2.37. The number of hydrogen-bond donors (Lipinski definition) is 0. The van der Waals surface area contributed by atoms with Gasteiger partial charge in [-0.1, -0.05) is 18.6 Å². The van der Waals surface area contributed by atoms with E-state index in [4.69, 9.17) is 9.84 Å². The number of aromatic nitrogens is 2. The number of likely N-dealkylation sites (N-methyl/N-ethyl adjacent to an activating group) is 1. The molecule has 0 saturated carbocycles. The molecule has 1 aromatic heterocycles. The summed E-state index contributed by atoms with van der Waals surface area (Å²) in [5, 5.41) is 4.75. The molecule has 1 aliphatic heterocycles. The zero-order valence-corrected chi connectivity index (χ0v) is 19.3. The summed E-state index contributed by atoms with van der Waals surface area (Å²) in [6.07, 6.45) is 3.81. The molecule has 2 aromatic carbocycles. The van der Waals surface area contributed by atoms with E-state index in [2.05, 4.69) is 0 Å². The number of halogens is 1. The number of rotatable bonds is 3. The molecule has 176 valence electrons. The molecule has 3 aromatic rings. The molecule has 5 rings (SSSR count). The van der Waals surface area contributed by atoms with Crippen LogP contribution in [0.5, 0.6) is 5.75 Å². The Hall–Kier alpha value is -3.68. The number of anilines is 1. The van der Waals surface area contributed by atoms with E-state index >= 15 is 0 Å². The van der Waals surface area contributed by atoms with Gasteiger partial charge in [-0.25, -0.2) is 9.07 Å². The fourth-order valence-electron chi connectivity index (χ4n) is 4.71. The van der Waals surface area contributed by atoms with Crippen LogP contribution in [0.25, 0.3) is 5.69 Å². The van der Waals surface area contributed by atoms with Gasteiger partial charge in [-0.15, -0.1) is 0 Å². The minimum absolute atomic E-state index is 0.102. The van der Waals surface area contributed by atoms with Crippen molar-refractivity contribution in [2.75, 3.05) is 25.5 Å². The molecule has 2 heterocycles. The predicted octanol–water partition coefficient (Wildman–Crippen LogP) is 3.78. The Balaban J connectivity index is 1.59. The number of para-hydroxylation sites is 2. The maximum absolute atomic E-state index is 14.0. The summed E-state index contributed by atoms with van der Waals surface area (Å²) in [4.78, 5) is 29.8. The van der Waals surface area contributed by atoms with E-state index in [1.807, 2.05) is 18.2 Å². The number of carbonyl (C=O) groups is 2. The maximum atomic E-state index is 14.0. The van der Waals surface area contributed by atoms with Crippen LogP contribution in [0.3, 0.4) is 0 Å². The summed E-state index contributed by atoms with van der Waals surface area (Å²) >= 11 is 0. The summed E-state index contributed by atoms with van der Waals surface area (Å²) in [7, 11) is 3.34. The van der Waals surface area contributed by atoms with Crippen molar-refractivity contribution >= 4 is 17.5 Å². The molecule has 2 aliphatic rings. The van der Waals surface area contributed by atoms with Crippen LogP contribution in [0.1, 0.15) is 41.0 Å². The normalized spacial score (nSPS) is 17.3. The first-order valence-corrected chi connectivity index (χ1v) is 11.6. The molecule has 0 radical (unpaired) electrons. The van der Waals surface area contributed by atoms with Gasteiger partial charge in [0.25, 0.3) is 11.8 Å². The van der Waals surface area contributed by atoms with E-state index in [1.165, 1.54) is 17.0 Å². The number of hydrogen-bond acceptors (Lipinski definition) is 4. The summed E-state index contributed by atoms with van der Waals surface area (Å²) < 4.78 is 21.3. The van der Waals surface area contributed by atoms with E-state index in [9.17, 15) is 14.0 Å². The van der Waals surface area contributed by atoms with Crippen LogP contribution in [0.2, 0.25) is 0 Å². The summed E-state index contributed by atoms with van der Waals surface area (Å²) in [6.45, 7) is 0.102. The van der Waals surface area contributed by atoms with Crippen LogP contribution in [-0.2, 0) is 17.6 Å². The molecule has 34 heavy (non-hydrogen) atoms. The molecular weight excluding hydrogens is 435 g/mol. The van der Waals surface area contributed by atoms with Crippen molar-refractivity contribution < 1.29 is 18.7 Å². The van der Waals surface area contributed by atoms with Crippen LogP contribution < -0.4 is 9.64 Å². The monoisotopic (exact) mass is 462 g/mol. The number of ether oxygens (including phenoxy) is 1. The number of carbonyl (C=O) groups excluding carboxylic acids is 2. The van der Waals surface area contributed by atoms with Crippen molar-refractivity contribution in [2.45, 2.75) is 38.2 Å². The first-order valence-electron chi connectivity index (χ1n) is 11.6. The van der Waals surface area contributed by atoms with Crippen LogP contribution >= 0.6 is 0 Å². The number of nitrogens with zero attached hydrogens (tertiary/aromatic N) is 4. The lowest BCUT2D eigenvalue weighted by molar-refractivity contribution is -0.135. The quantitative estimate of drug-likeness (QED) is 0.556. The average molecular weight is 463 g/mol. The lowest BCUT2D eigenvalue weighted by Gasteiger charge is -2.34. The van der Waals surface area contributed by atoms with Crippen molar-refractivity contribution in [3.63, 3.8) is 0 Å². The summed E-state index contributed by atoms with van der Waals surface area (Å²) in [5.41, 5.74) is 3.66. The third-order valence-electron chi connectivity index (χ3n) is 6.44. The SMILES string of the molecule is CN(C)C(=O)[C@@H]1CN(C(=O)c2nn(-c3ccc(F)cc3)c3c2CCCCC3)c2ccccc2O1. The highest BCUT2D eigenvalue weighted by Crippen LogP contribution is 2.36. The second kappa shape index (κ2) is 8.93. The molecule has 0 spiro atoms. The first-order chi connectivity index (χ1) is 16.4. The lowest BCUT2D eigenvalue weighted by Crippen LogP contribution is -2.50. The van der Waals surface area contributed by atoms with Gasteiger partial charge >= 0.3 is 0 Å². The topological polar surface area (TPSA) is 67.7 Å². The van der Waals surface area contributed by atoms with Gasteiger partial charge in [-0.05, 0) is 62.1 Å². The van der Waals surface area contributed by atoms with Gasteiger partial charge in [0.1, 0.15) is 11.6 Å². The zero-order chi connectivity index (χ0) is 23.8. The Morgan fingerprint density at radius 2 is 1.76 bits per heavy atom. The minimum Gasteiger partial charge on any atom is -0.476 e.